The van der Waals surface area contributed by atoms with Gasteiger partial charge < -0.3 is 15.7 Å². The quantitative estimate of drug-likeness (QED) is 0.675. The molecule has 1 aliphatic heterocycles. The third kappa shape index (κ3) is 2.33. The Bertz CT molecular complexity index is 338. The zero-order valence-electron chi connectivity index (χ0n) is 9.56. The molecule has 0 bridgehead atoms. The summed E-state index contributed by atoms with van der Waals surface area (Å²) in [5.74, 6) is 1.72. The number of hydrogen-bond acceptors (Lipinski definition) is 5. The van der Waals surface area contributed by atoms with Gasteiger partial charge >= 0.3 is 0 Å². The Labute approximate surface area is 94.9 Å². The molecule has 1 aromatic heterocycles. The molecule has 0 spiro atoms. The predicted octanol–water partition coefficient (Wildman–Crippen LogP) is 0.0331. The molecule has 2 rings (SSSR count). The van der Waals surface area contributed by atoms with Crippen molar-refractivity contribution in [3.63, 3.8) is 0 Å². The zero-order chi connectivity index (χ0) is 11.5. The van der Waals surface area contributed by atoms with Crippen LogP contribution in [0.2, 0.25) is 0 Å². The standard InChI is InChI=1S/C10H19N5O/c1-7(16)9-12-10(14-13-9)15-4-2-3-8(5-11)6-15/h7-8,16H,2-6,11H2,1H3,(H,12,13,14)/t7-,8?/m0/s1. The Morgan fingerprint density at radius 1 is 1.69 bits per heavy atom. The number of nitrogens with two attached hydrogens (primary N) is 1. The van der Waals surface area contributed by atoms with E-state index in [1.807, 2.05) is 0 Å². The molecule has 90 valence electrons. The Balaban J connectivity index is 2.05. The summed E-state index contributed by atoms with van der Waals surface area (Å²) in [7, 11) is 0. The maximum absolute atomic E-state index is 9.36. The number of anilines is 1. The number of hydrogen-bond donors (Lipinski definition) is 3. The van der Waals surface area contributed by atoms with E-state index in [0.717, 1.165) is 19.5 Å². The highest BCUT2D eigenvalue weighted by Gasteiger charge is 2.22. The Morgan fingerprint density at radius 2 is 2.50 bits per heavy atom. The van der Waals surface area contributed by atoms with Crippen molar-refractivity contribution in [1.82, 2.24) is 15.2 Å². The molecule has 0 saturated carbocycles. The average Bonchev–Trinajstić information content (AvgIpc) is 2.78. The molecule has 0 aromatic carbocycles. The highest BCUT2D eigenvalue weighted by atomic mass is 16.3. The van der Waals surface area contributed by atoms with E-state index in [1.54, 1.807) is 6.92 Å². The van der Waals surface area contributed by atoms with Crippen molar-refractivity contribution in [2.24, 2.45) is 11.7 Å². The van der Waals surface area contributed by atoms with Gasteiger partial charge in [-0.2, -0.15) is 4.98 Å². The van der Waals surface area contributed by atoms with Gasteiger partial charge in [-0.3, -0.25) is 5.10 Å². The van der Waals surface area contributed by atoms with E-state index in [9.17, 15) is 5.11 Å². The van der Waals surface area contributed by atoms with E-state index >= 15 is 0 Å². The lowest BCUT2D eigenvalue weighted by Gasteiger charge is -2.31. The normalized spacial score (nSPS) is 23.4. The fraction of sp³-hybridized carbons (Fsp3) is 0.800. The molecular weight excluding hydrogens is 206 g/mol. The summed E-state index contributed by atoms with van der Waals surface area (Å²) in [6, 6.07) is 0. The molecule has 2 heterocycles. The average molecular weight is 225 g/mol. The summed E-state index contributed by atoms with van der Waals surface area (Å²) < 4.78 is 0. The van der Waals surface area contributed by atoms with Crippen LogP contribution in [0.25, 0.3) is 0 Å². The van der Waals surface area contributed by atoms with Crippen molar-refractivity contribution in [2.75, 3.05) is 24.5 Å². The second-order valence-electron chi connectivity index (χ2n) is 4.39. The fourth-order valence-corrected chi connectivity index (χ4v) is 2.03. The number of aliphatic hydroxyl groups excluding tert-OH is 1. The maximum Gasteiger partial charge on any atom is 0.244 e. The minimum atomic E-state index is -0.601. The molecule has 1 aromatic rings. The van der Waals surface area contributed by atoms with Gasteiger partial charge in [0, 0.05) is 13.1 Å². The lowest BCUT2D eigenvalue weighted by molar-refractivity contribution is 0.189. The van der Waals surface area contributed by atoms with Crippen molar-refractivity contribution in [3.05, 3.63) is 5.82 Å². The molecule has 6 heteroatoms. The first-order valence-electron chi connectivity index (χ1n) is 5.76. The van der Waals surface area contributed by atoms with Crippen molar-refractivity contribution in [2.45, 2.75) is 25.9 Å². The number of piperidine rings is 1. The van der Waals surface area contributed by atoms with Gasteiger partial charge in [0.1, 0.15) is 6.10 Å². The van der Waals surface area contributed by atoms with E-state index in [4.69, 9.17) is 5.73 Å². The van der Waals surface area contributed by atoms with Crippen LogP contribution in [0, 0.1) is 5.92 Å². The largest absolute Gasteiger partial charge is 0.385 e. The first-order chi connectivity index (χ1) is 7.70. The number of H-pyrrole nitrogens is 1. The van der Waals surface area contributed by atoms with E-state index in [-0.39, 0.29) is 0 Å². The highest BCUT2D eigenvalue weighted by molar-refractivity contribution is 5.29. The van der Waals surface area contributed by atoms with Gasteiger partial charge in [0.15, 0.2) is 5.82 Å². The van der Waals surface area contributed by atoms with Crippen LogP contribution in [0.1, 0.15) is 31.7 Å². The van der Waals surface area contributed by atoms with Crippen LogP contribution in [0.4, 0.5) is 5.95 Å². The first kappa shape index (κ1) is 11.3. The van der Waals surface area contributed by atoms with Crippen molar-refractivity contribution in [1.29, 1.82) is 0 Å². The van der Waals surface area contributed by atoms with Crippen LogP contribution in [-0.4, -0.2) is 39.9 Å². The monoisotopic (exact) mass is 225 g/mol. The summed E-state index contributed by atoms with van der Waals surface area (Å²) in [6.45, 7) is 4.26. The minimum Gasteiger partial charge on any atom is -0.385 e. The smallest absolute Gasteiger partial charge is 0.244 e. The van der Waals surface area contributed by atoms with Crippen LogP contribution in [0.15, 0.2) is 0 Å². The molecule has 0 radical (unpaired) electrons. The van der Waals surface area contributed by atoms with E-state index in [1.165, 1.54) is 6.42 Å². The van der Waals surface area contributed by atoms with Gasteiger partial charge in [0.05, 0.1) is 0 Å². The molecule has 6 nitrogen and oxygen atoms in total. The summed E-state index contributed by atoms with van der Waals surface area (Å²) in [6.07, 6.45) is 1.71. The topological polar surface area (TPSA) is 91.1 Å². The second-order valence-corrected chi connectivity index (χ2v) is 4.39. The molecule has 0 amide bonds. The fourth-order valence-electron chi connectivity index (χ4n) is 2.03. The molecule has 4 N–H and O–H groups in total. The van der Waals surface area contributed by atoms with Crippen molar-refractivity contribution >= 4 is 5.95 Å². The molecule has 16 heavy (non-hydrogen) atoms. The first-order valence-corrected chi connectivity index (χ1v) is 5.76. The number of aromatic amines is 1. The van der Waals surface area contributed by atoms with Crippen LogP contribution in [0.3, 0.4) is 0 Å². The summed E-state index contributed by atoms with van der Waals surface area (Å²) in [5, 5.41) is 16.2. The van der Waals surface area contributed by atoms with Gasteiger partial charge in [-0.1, -0.05) is 0 Å². The SMILES string of the molecule is C[C@H](O)c1nc(N2CCCC(CN)C2)n[nH]1. The molecule has 1 fully saturated rings. The molecule has 1 saturated heterocycles. The van der Waals surface area contributed by atoms with Crippen LogP contribution in [-0.2, 0) is 0 Å². The number of nitrogens with zero attached hydrogens (tertiary/aromatic N) is 3. The Kier molecular flexibility index (Phi) is 3.40. The summed E-state index contributed by atoms with van der Waals surface area (Å²) in [4.78, 5) is 6.40. The van der Waals surface area contributed by atoms with Gasteiger partial charge in [-0.05, 0) is 32.2 Å². The number of nitrogens with one attached hydrogen (secondary N) is 1. The molecule has 1 unspecified atom stereocenters. The summed E-state index contributed by atoms with van der Waals surface area (Å²) in [5.41, 5.74) is 5.68. The predicted molar refractivity (Wildman–Crippen MR) is 61.0 cm³/mol. The van der Waals surface area contributed by atoms with Crippen LogP contribution < -0.4 is 10.6 Å². The van der Waals surface area contributed by atoms with Gasteiger partial charge in [-0.25, -0.2) is 0 Å². The zero-order valence-corrected chi connectivity index (χ0v) is 9.56. The van der Waals surface area contributed by atoms with Crippen molar-refractivity contribution in [3.8, 4) is 0 Å². The molecule has 0 aliphatic carbocycles. The van der Waals surface area contributed by atoms with Gasteiger partial charge in [0.25, 0.3) is 0 Å². The Hall–Kier alpha value is -1.14. The number of rotatable bonds is 3. The van der Waals surface area contributed by atoms with Crippen LogP contribution >= 0.6 is 0 Å². The third-order valence-corrected chi connectivity index (χ3v) is 3.02. The highest BCUT2D eigenvalue weighted by Crippen LogP contribution is 2.20. The minimum absolute atomic E-state index is 0.518. The maximum atomic E-state index is 9.36. The molecular formula is C10H19N5O. The summed E-state index contributed by atoms with van der Waals surface area (Å²) >= 11 is 0. The van der Waals surface area contributed by atoms with Crippen molar-refractivity contribution < 1.29 is 5.11 Å². The van der Waals surface area contributed by atoms with Gasteiger partial charge in [-0.15, -0.1) is 5.10 Å². The number of aliphatic hydroxyl groups is 1. The van der Waals surface area contributed by atoms with E-state index in [2.05, 4.69) is 20.1 Å². The Morgan fingerprint density at radius 3 is 3.12 bits per heavy atom. The second kappa shape index (κ2) is 4.80. The third-order valence-electron chi connectivity index (χ3n) is 3.02. The number of aromatic nitrogens is 3. The lowest BCUT2D eigenvalue weighted by Crippen LogP contribution is -2.39. The van der Waals surface area contributed by atoms with Gasteiger partial charge in [0.2, 0.25) is 5.95 Å². The van der Waals surface area contributed by atoms with E-state index < -0.39 is 6.10 Å². The van der Waals surface area contributed by atoms with E-state index in [0.29, 0.717) is 24.2 Å². The lowest BCUT2D eigenvalue weighted by atomic mass is 9.99. The molecule has 1 aliphatic rings. The molecule has 2 atom stereocenters. The van der Waals surface area contributed by atoms with Crippen LogP contribution in [0.5, 0.6) is 0 Å².